The number of nitrogens with one attached hydrogen (secondary N) is 2. The Kier molecular flexibility index (Phi) is 7.02. The number of hydrogen-bond donors (Lipinski definition) is 2. The summed E-state index contributed by atoms with van der Waals surface area (Å²) in [4.78, 5) is 11.9. The van der Waals surface area contributed by atoms with Crippen LogP contribution in [0.3, 0.4) is 0 Å². The molecule has 1 aliphatic carbocycles. The standard InChI is InChI=1S/C15H28N2O/c1-4-7-12(2)17-15(18)13(3)16-11-10-14-8-5-6-9-14/h8,12-13,16H,4-7,9-11H2,1-3H3,(H,17,18). The molecule has 0 aromatic carbocycles. The van der Waals surface area contributed by atoms with Gasteiger partial charge in [0.05, 0.1) is 6.04 Å². The Morgan fingerprint density at radius 3 is 2.83 bits per heavy atom. The Bertz CT molecular complexity index is 286. The highest BCUT2D eigenvalue weighted by molar-refractivity contribution is 5.81. The van der Waals surface area contributed by atoms with Crippen molar-refractivity contribution in [1.29, 1.82) is 0 Å². The van der Waals surface area contributed by atoms with Gasteiger partial charge in [-0.05, 0) is 52.5 Å². The third kappa shape index (κ3) is 5.67. The minimum Gasteiger partial charge on any atom is -0.352 e. The zero-order valence-corrected chi connectivity index (χ0v) is 12.1. The summed E-state index contributed by atoms with van der Waals surface area (Å²) in [6.07, 6.45) is 9.37. The summed E-state index contributed by atoms with van der Waals surface area (Å²) in [5.41, 5.74) is 1.55. The maximum Gasteiger partial charge on any atom is 0.237 e. The highest BCUT2D eigenvalue weighted by Crippen LogP contribution is 2.19. The molecule has 0 heterocycles. The summed E-state index contributed by atoms with van der Waals surface area (Å²) >= 11 is 0. The van der Waals surface area contributed by atoms with E-state index in [1.165, 1.54) is 19.3 Å². The van der Waals surface area contributed by atoms with E-state index in [1.807, 2.05) is 6.92 Å². The fourth-order valence-corrected chi connectivity index (χ4v) is 2.38. The lowest BCUT2D eigenvalue weighted by Gasteiger charge is -2.18. The molecular weight excluding hydrogens is 224 g/mol. The largest absolute Gasteiger partial charge is 0.352 e. The molecule has 0 bridgehead atoms. The third-order valence-electron chi connectivity index (χ3n) is 3.54. The van der Waals surface area contributed by atoms with Crippen molar-refractivity contribution in [3.8, 4) is 0 Å². The summed E-state index contributed by atoms with van der Waals surface area (Å²) in [5.74, 6) is 0.122. The van der Waals surface area contributed by atoms with Crippen LogP contribution >= 0.6 is 0 Å². The molecule has 0 aromatic rings. The third-order valence-corrected chi connectivity index (χ3v) is 3.54. The van der Waals surface area contributed by atoms with Crippen LogP contribution in [-0.2, 0) is 4.79 Å². The molecule has 2 atom stereocenters. The van der Waals surface area contributed by atoms with Crippen molar-refractivity contribution in [2.75, 3.05) is 6.54 Å². The SMILES string of the molecule is CCCC(C)NC(=O)C(C)NCCC1=CCCC1. The molecule has 1 rings (SSSR count). The second-order valence-corrected chi connectivity index (χ2v) is 5.38. The zero-order valence-electron chi connectivity index (χ0n) is 12.1. The van der Waals surface area contributed by atoms with Gasteiger partial charge in [0.1, 0.15) is 0 Å². The Morgan fingerprint density at radius 2 is 2.22 bits per heavy atom. The second kappa shape index (κ2) is 8.30. The van der Waals surface area contributed by atoms with Gasteiger partial charge in [-0.15, -0.1) is 0 Å². The molecule has 0 saturated heterocycles. The van der Waals surface area contributed by atoms with E-state index in [0.29, 0.717) is 0 Å². The van der Waals surface area contributed by atoms with Gasteiger partial charge in [0.2, 0.25) is 5.91 Å². The van der Waals surface area contributed by atoms with Gasteiger partial charge in [-0.3, -0.25) is 4.79 Å². The average Bonchev–Trinajstić information content (AvgIpc) is 2.82. The number of carbonyl (C=O) groups is 1. The number of carbonyl (C=O) groups excluding carboxylic acids is 1. The highest BCUT2D eigenvalue weighted by Gasteiger charge is 2.14. The van der Waals surface area contributed by atoms with E-state index in [1.54, 1.807) is 5.57 Å². The highest BCUT2D eigenvalue weighted by atomic mass is 16.2. The van der Waals surface area contributed by atoms with Crippen LogP contribution in [0.25, 0.3) is 0 Å². The van der Waals surface area contributed by atoms with Crippen molar-refractivity contribution in [2.24, 2.45) is 0 Å². The van der Waals surface area contributed by atoms with Gasteiger partial charge in [0.25, 0.3) is 0 Å². The van der Waals surface area contributed by atoms with E-state index in [2.05, 4.69) is 30.6 Å². The molecule has 18 heavy (non-hydrogen) atoms. The van der Waals surface area contributed by atoms with Gasteiger partial charge in [0, 0.05) is 6.04 Å². The number of amides is 1. The van der Waals surface area contributed by atoms with Crippen LogP contribution in [0.1, 0.15) is 59.3 Å². The lowest BCUT2D eigenvalue weighted by atomic mass is 10.1. The predicted octanol–water partition coefficient (Wildman–Crippen LogP) is 2.77. The summed E-state index contributed by atoms with van der Waals surface area (Å²) in [5, 5.41) is 6.35. The first-order valence-electron chi connectivity index (χ1n) is 7.35. The monoisotopic (exact) mass is 252 g/mol. The molecule has 0 aromatic heterocycles. The lowest BCUT2D eigenvalue weighted by molar-refractivity contribution is -0.123. The molecule has 2 unspecified atom stereocenters. The first-order chi connectivity index (χ1) is 8.63. The van der Waals surface area contributed by atoms with Crippen LogP contribution in [-0.4, -0.2) is 24.5 Å². The van der Waals surface area contributed by atoms with Crippen molar-refractivity contribution in [3.05, 3.63) is 11.6 Å². The van der Waals surface area contributed by atoms with Gasteiger partial charge in [0.15, 0.2) is 0 Å². The minimum absolute atomic E-state index is 0.0914. The first-order valence-corrected chi connectivity index (χ1v) is 7.35. The van der Waals surface area contributed by atoms with Crippen LogP contribution in [0.15, 0.2) is 11.6 Å². The maximum absolute atomic E-state index is 11.9. The molecule has 0 fully saturated rings. The number of allylic oxidation sites excluding steroid dienone is 1. The lowest BCUT2D eigenvalue weighted by Crippen LogP contribution is -2.45. The number of hydrogen-bond acceptors (Lipinski definition) is 2. The van der Waals surface area contributed by atoms with E-state index in [4.69, 9.17) is 0 Å². The summed E-state index contributed by atoms with van der Waals surface area (Å²) in [7, 11) is 0. The van der Waals surface area contributed by atoms with Crippen molar-refractivity contribution >= 4 is 5.91 Å². The van der Waals surface area contributed by atoms with E-state index >= 15 is 0 Å². The van der Waals surface area contributed by atoms with Crippen molar-refractivity contribution in [1.82, 2.24) is 10.6 Å². The fraction of sp³-hybridized carbons (Fsp3) is 0.800. The second-order valence-electron chi connectivity index (χ2n) is 5.38. The Morgan fingerprint density at radius 1 is 1.44 bits per heavy atom. The molecule has 104 valence electrons. The van der Waals surface area contributed by atoms with Crippen LogP contribution < -0.4 is 10.6 Å². The first kappa shape index (κ1) is 15.2. The molecule has 1 amide bonds. The van der Waals surface area contributed by atoms with Crippen molar-refractivity contribution in [2.45, 2.75) is 71.4 Å². The van der Waals surface area contributed by atoms with Gasteiger partial charge in [-0.1, -0.05) is 25.0 Å². The average molecular weight is 252 g/mol. The van der Waals surface area contributed by atoms with Gasteiger partial charge < -0.3 is 10.6 Å². The van der Waals surface area contributed by atoms with Gasteiger partial charge in [-0.25, -0.2) is 0 Å². The molecule has 0 aliphatic heterocycles. The molecule has 1 aliphatic rings. The normalized spacial score (nSPS) is 18.3. The summed E-state index contributed by atoms with van der Waals surface area (Å²) < 4.78 is 0. The van der Waals surface area contributed by atoms with Crippen LogP contribution in [0.2, 0.25) is 0 Å². The summed E-state index contributed by atoms with van der Waals surface area (Å²) in [6, 6.07) is 0.190. The molecule has 0 radical (unpaired) electrons. The summed E-state index contributed by atoms with van der Waals surface area (Å²) in [6.45, 7) is 7.05. The Labute approximate surface area is 111 Å². The number of rotatable bonds is 8. The van der Waals surface area contributed by atoms with E-state index in [-0.39, 0.29) is 18.0 Å². The minimum atomic E-state index is -0.0914. The predicted molar refractivity (Wildman–Crippen MR) is 76.5 cm³/mol. The van der Waals surface area contributed by atoms with Crippen LogP contribution in [0.4, 0.5) is 0 Å². The van der Waals surface area contributed by atoms with Crippen LogP contribution in [0.5, 0.6) is 0 Å². The Balaban J connectivity index is 2.14. The van der Waals surface area contributed by atoms with Crippen molar-refractivity contribution < 1.29 is 4.79 Å². The molecule has 0 spiro atoms. The topological polar surface area (TPSA) is 41.1 Å². The molecular formula is C15H28N2O. The van der Waals surface area contributed by atoms with E-state index in [0.717, 1.165) is 25.8 Å². The maximum atomic E-state index is 11.9. The van der Waals surface area contributed by atoms with Crippen LogP contribution in [0, 0.1) is 0 Å². The van der Waals surface area contributed by atoms with Gasteiger partial charge in [-0.2, -0.15) is 0 Å². The molecule has 3 nitrogen and oxygen atoms in total. The van der Waals surface area contributed by atoms with E-state index < -0.39 is 0 Å². The molecule has 2 N–H and O–H groups in total. The molecule has 3 heteroatoms. The smallest absolute Gasteiger partial charge is 0.237 e. The van der Waals surface area contributed by atoms with Crippen molar-refractivity contribution in [3.63, 3.8) is 0 Å². The Hall–Kier alpha value is -0.830. The molecule has 0 saturated carbocycles. The zero-order chi connectivity index (χ0) is 13.4. The quantitative estimate of drug-likeness (QED) is 0.652. The van der Waals surface area contributed by atoms with E-state index in [9.17, 15) is 4.79 Å². The fourth-order valence-electron chi connectivity index (χ4n) is 2.38. The van der Waals surface area contributed by atoms with Gasteiger partial charge >= 0.3 is 0 Å².